The minimum Gasteiger partial charge on any atom is -0.337 e. The van der Waals surface area contributed by atoms with E-state index in [9.17, 15) is 18.0 Å². The second-order valence-electron chi connectivity index (χ2n) is 6.48. The number of aromatic nitrogens is 4. The van der Waals surface area contributed by atoms with Crippen LogP contribution in [0.1, 0.15) is 46.5 Å². The SMILES string of the molecule is Cc1cc(C(=O)N2CCCC(c3nc(C(F)(F)F)cn3C)C2)n(C)n1. The quantitative estimate of drug-likeness (QED) is 0.832. The Morgan fingerprint density at radius 3 is 2.60 bits per heavy atom. The number of hydrogen-bond acceptors (Lipinski definition) is 3. The number of piperidine rings is 1. The van der Waals surface area contributed by atoms with Crippen LogP contribution in [-0.2, 0) is 20.3 Å². The summed E-state index contributed by atoms with van der Waals surface area (Å²) in [6, 6.07) is 1.72. The van der Waals surface area contributed by atoms with Crippen molar-refractivity contribution in [2.75, 3.05) is 13.1 Å². The van der Waals surface area contributed by atoms with Gasteiger partial charge in [0.05, 0.1) is 5.69 Å². The van der Waals surface area contributed by atoms with Gasteiger partial charge in [-0.3, -0.25) is 9.48 Å². The number of imidazole rings is 1. The minimum atomic E-state index is -4.47. The standard InChI is InChI=1S/C16H20F3N5O/c1-10-7-12(23(3)21-10)15(25)24-6-4-5-11(8-24)14-20-13(9-22(14)2)16(17,18)19/h7,9,11H,4-6,8H2,1-3H3. The van der Waals surface area contributed by atoms with Gasteiger partial charge in [-0.2, -0.15) is 18.3 Å². The molecule has 3 heterocycles. The van der Waals surface area contributed by atoms with Crippen LogP contribution in [0, 0.1) is 6.92 Å². The van der Waals surface area contributed by atoms with Crippen molar-refractivity contribution < 1.29 is 18.0 Å². The van der Waals surface area contributed by atoms with Gasteiger partial charge in [0.2, 0.25) is 0 Å². The van der Waals surface area contributed by atoms with Crippen molar-refractivity contribution in [1.29, 1.82) is 0 Å². The lowest BCUT2D eigenvalue weighted by Crippen LogP contribution is -2.40. The Hall–Kier alpha value is -2.32. The van der Waals surface area contributed by atoms with E-state index in [0.717, 1.165) is 18.3 Å². The monoisotopic (exact) mass is 355 g/mol. The third-order valence-corrected chi connectivity index (χ3v) is 4.50. The van der Waals surface area contributed by atoms with Gasteiger partial charge in [-0.1, -0.05) is 0 Å². The number of rotatable bonds is 2. The van der Waals surface area contributed by atoms with E-state index in [2.05, 4.69) is 10.1 Å². The Morgan fingerprint density at radius 2 is 2.04 bits per heavy atom. The first-order valence-corrected chi connectivity index (χ1v) is 8.07. The number of aryl methyl sites for hydroxylation is 3. The zero-order chi connectivity index (χ0) is 18.4. The summed E-state index contributed by atoms with van der Waals surface area (Å²) in [4.78, 5) is 18.2. The highest BCUT2D eigenvalue weighted by molar-refractivity contribution is 5.92. The summed E-state index contributed by atoms with van der Waals surface area (Å²) in [5.41, 5.74) is 0.336. The lowest BCUT2D eigenvalue weighted by molar-refractivity contribution is -0.141. The molecule has 0 radical (unpaired) electrons. The highest BCUT2D eigenvalue weighted by atomic mass is 19.4. The largest absolute Gasteiger partial charge is 0.434 e. The number of hydrogen-bond donors (Lipinski definition) is 0. The average molecular weight is 355 g/mol. The van der Waals surface area contributed by atoms with Crippen LogP contribution >= 0.6 is 0 Å². The summed E-state index contributed by atoms with van der Waals surface area (Å²) < 4.78 is 41.6. The molecule has 0 N–H and O–H groups in total. The predicted octanol–water partition coefficient (Wildman–Crippen LogP) is 2.50. The van der Waals surface area contributed by atoms with Crippen molar-refractivity contribution in [3.8, 4) is 0 Å². The fourth-order valence-corrected chi connectivity index (χ4v) is 3.34. The topological polar surface area (TPSA) is 56.0 Å². The van der Waals surface area contributed by atoms with E-state index in [1.807, 2.05) is 6.92 Å². The van der Waals surface area contributed by atoms with E-state index in [4.69, 9.17) is 0 Å². The Kier molecular flexibility index (Phi) is 4.34. The van der Waals surface area contributed by atoms with Gasteiger partial charge in [0.1, 0.15) is 11.5 Å². The zero-order valence-electron chi connectivity index (χ0n) is 14.3. The Bertz CT molecular complexity index is 792. The lowest BCUT2D eigenvalue weighted by Gasteiger charge is -2.32. The molecule has 3 rings (SSSR count). The van der Waals surface area contributed by atoms with E-state index in [-0.39, 0.29) is 11.8 Å². The maximum atomic E-state index is 12.9. The maximum Gasteiger partial charge on any atom is 0.434 e. The molecule has 1 amide bonds. The molecule has 1 aliphatic heterocycles. The first-order valence-electron chi connectivity index (χ1n) is 8.07. The first-order chi connectivity index (χ1) is 11.7. The zero-order valence-corrected chi connectivity index (χ0v) is 14.3. The smallest absolute Gasteiger partial charge is 0.337 e. The third-order valence-electron chi connectivity index (χ3n) is 4.50. The predicted molar refractivity (Wildman–Crippen MR) is 84.0 cm³/mol. The number of carbonyl (C=O) groups is 1. The van der Waals surface area contributed by atoms with Gasteiger partial charge in [-0.05, 0) is 25.8 Å². The Labute approximate surface area is 143 Å². The lowest BCUT2D eigenvalue weighted by atomic mass is 9.97. The highest BCUT2D eigenvalue weighted by Gasteiger charge is 2.36. The molecular weight excluding hydrogens is 335 g/mol. The minimum absolute atomic E-state index is 0.155. The molecule has 2 aromatic rings. The molecule has 0 aliphatic carbocycles. The van der Waals surface area contributed by atoms with E-state index in [0.29, 0.717) is 31.0 Å². The summed E-state index contributed by atoms with van der Waals surface area (Å²) in [5, 5.41) is 4.18. The van der Waals surface area contributed by atoms with Crippen molar-refractivity contribution in [3.05, 3.63) is 35.2 Å². The summed E-state index contributed by atoms with van der Waals surface area (Å²) in [6.07, 6.45) is -2.04. The molecule has 25 heavy (non-hydrogen) atoms. The summed E-state index contributed by atoms with van der Waals surface area (Å²) in [6.45, 7) is 2.74. The number of amides is 1. The molecular formula is C16H20F3N5O. The Morgan fingerprint density at radius 1 is 1.32 bits per heavy atom. The molecule has 6 nitrogen and oxygen atoms in total. The van der Waals surface area contributed by atoms with Crippen LogP contribution in [-0.4, -0.2) is 43.2 Å². The molecule has 0 aromatic carbocycles. The number of likely N-dealkylation sites (tertiary alicyclic amines) is 1. The van der Waals surface area contributed by atoms with Crippen molar-refractivity contribution in [2.45, 2.75) is 31.9 Å². The van der Waals surface area contributed by atoms with Crippen molar-refractivity contribution >= 4 is 5.91 Å². The summed E-state index contributed by atoms with van der Waals surface area (Å²) >= 11 is 0. The van der Waals surface area contributed by atoms with E-state index < -0.39 is 11.9 Å². The first kappa shape index (κ1) is 17.5. The Balaban J connectivity index is 1.81. The van der Waals surface area contributed by atoms with Crippen LogP contribution in [0.25, 0.3) is 0 Å². The molecule has 0 spiro atoms. The van der Waals surface area contributed by atoms with Gasteiger partial charge in [-0.15, -0.1) is 0 Å². The van der Waals surface area contributed by atoms with Gasteiger partial charge in [0, 0.05) is 39.3 Å². The van der Waals surface area contributed by atoms with Gasteiger partial charge < -0.3 is 9.47 Å². The van der Waals surface area contributed by atoms with Gasteiger partial charge in [-0.25, -0.2) is 4.98 Å². The number of nitrogens with zero attached hydrogens (tertiary/aromatic N) is 5. The van der Waals surface area contributed by atoms with Crippen molar-refractivity contribution in [1.82, 2.24) is 24.2 Å². The number of carbonyl (C=O) groups excluding carboxylic acids is 1. The molecule has 9 heteroatoms. The van der Waals surface area contributed by atoms with Crippen LogP contribution in [0.4, 0.5) is 13.2 Å². The normalized spacial score (nSPS) is 18.6. The van der Waals surface area contributed by atoms with Crippen LogP contribution < -0.4 is 0 Å². The number of halogens is 3. The second-order valence-corrected chi connectivity index (χ2v) is 6.48. The number of alkyl halides is 3. The molecule has 2 aromatic heterocycles. The molecule has 0 saturated carbocycles. The molecule has 136 valence electrons. The molecule has 1 aliphatic rings. The van der Waals surface area contributed by atoms with Crippen molar-refractivity contribution in [2.24, 2.45) is 14.1 Å². The summed E-state index contributed by atoms with van der Waals surface area (Å²) in [7, 11) is 3.26. The summed E-state index contributed by atoms with van der Waals surface area (Å²) in [5.74, 6) is -0.00260. The van der Waals surface area contributed by atoms with Gasteiger partial charge in [0.15, 0.2) is 5.69 Å². The van der Waals surface area contributed by atoms with Crippen LogP contribution in [0.15, 0.2) is 12.3 Å². The van der Waals surface area contributed by atoms with E-state index in [1.54, 1.807) is 25.1 Å². The van der Waals surface area contributed by atoms with Crippen LogP contribution in [0.2, 0.25) is 0 Å². The van der Waals surface area contributed by atoms with E-state index in [1.165, 1.54) is 9.25 Å². The molecule has 1 fully saturated rings. The fourth-order valence-electron chi connectivity index (χ4n) is 3.34. The molecule has 1 atom stereocenters. The second kappa shape index (κ2) is 6.20. The third kappa shape index (κ3) is 3.40. The average Bonchev–Trinajstić information content (AvgIpc) is 3.09. The van der Waals surface area contributed by atoms with E-state index >= 15 is 0 Å². The molecule has 0 bridgehead atoms. The van der Waals surface area contributed by atoms with Crippen LogP contribution in [0.5, 0.6) is 0 Å². The van der Waals surface area contributed by atoms with Gasteiger partial charge >= 0.3 is 6.18 Å². The fraction of sp³-hybridized carbons (Fsp3) is 0.562. The molecule has 1 saturated heterocycles. The maximum absolute atomic E-state index is 12.9. The highest BCUT2D eigenvalue weighted by Crippen LogP contribution is 2.32. The molecule has 1 unspecified atom stereocenters. The van der Waals surface area contributed by atoms with Crippen LogP contribution in [0.3, 0.4) is 0 Å². The van der Waals surface area contributed by atoms with Crippen molar-refractivity contribution in [3.63, 3.8) is 0 Å². The van der Waals surface area contributed by atoms with Gasteiger partial charge in [0.25, 0.3) is 5.91 Å².